The molecule has 0 aliphatic rings. The molecule has 0 bridgehead atoms. The van der Waals surface area contributed by atoms with E-state index >= 15 is 0 Å². The van der Waals surface area contributed by atoms with Gasteiger partial charge in [0.2, 0.25) is 0 Å². The third-order valence-corrected chi connectivity index (χ3v) is 3.99. The van der Waals surface area contributed by atoms with Gasteiger partial charge in [0, 0.05) is 18.2 Å². The molecule has 6 heteroatoms. The minimum Gasteiger partial charge on any atom is -0.351 e. The highest BCUT2D eigenvalue weighted by atomic mass is 35.5. The summed E-state index contributed by atoms with van der Waals surface area (Å²) in [5.41, 5.74) is -0.0725. The summed E-state index contributed by atoms with van der Waals surface area (Å²) < 4.78 is 0. The Kier molecular flexibility index (Phi) is 5.11. The van der Waals surface area contributed by atoms with E-state index in [1.54, 1.807) is 0 Å². The van der Waals surface area contributed by atoms with Gasteiger partial charge in [-0.2, -0.15) is 0 Å². The van der Waals surface area contributed by atoms with Crippen LogP contribution < -0.4 is 5.32 Å². The molecule has 0 aliphatic carbocycles. The van der Waals surface area contributed by atoms with Gasteiger partial charge in [-0.1, -0.05) is 39.3 Å². The normalized spacial score (nSPS) is 11.5. The highest BCUT2D eigenvalue weighted by Gasteiger charge is 2.23. The lowest BCUT2D eigenvalue weighted by atomic mass is 9.81. The molecule has 1 rings (SSSR count). The van der Waals surface area contributed by atoms with E-state index in [4.69, 9.17) is 11.6 Å². The van der Waals surface area contributed by atoms with Crippen molar-refractivity contribution in [2.45, 2.75) is 27.7 Å². The van der Waals surface area contributed by atoms with Crippen LogP contribution in [0.2, 0.25) is 5.02 Å². The van der Waals surface area contributed by atoms with Crippen molar-refractivity contribution in [3.05, 3.63) is 38.9 Å². The summed E-state index contributed by atoms with van der Waals surface area (Å²) in [5, 5.41) is 13.6. The van der Waals surface area contributed by atoms with Crippen LogP contribution in [0.5, 0.6) is 0 Å². The van der Waals surface area contributed by atoms with Crippen molar-refractivity contribution in [3.8, 4) is 0 Å². The Labute approximate surface area is 123 Å². The van der Waals surface area contributed by atoms with E-state index in [2.05, 4.69) is 33.0 Å². The smallest absolute Gasteiger partial charge is 0.288 e. The second-order valence-corrected chi connectivity index (χ2v) is 6.16. The van der Waals surface area contributed by atoms with E-state index in [0.717, 1.165) is 0 Å². The van der Waals surface area contributed by atoms with Crippen LogP contribution in [-0.4, -0.2) is 17.4 Å². The Balaban J connectivity index is 2.84. The van der Waals surface area contributed by atoms with Gasteiger partial charge in [0.1, 0.15) is 5.02 Å². The van der Waals surface area contributed by atoms with Crippen LogP contribution >= 0.6 is 11.6 Å². The van der Waals surface area contributed by atoms with Crippen LogP contribution in [-0.2, 0) is 0 Å². The molecular formula is C14H19ClN2O3. The van der Waals surface area contributed by atoms with Gasteiger partial charge >= 0.3 is 0 Å². The first-order valence-corrected chi connectivity index (χ1v) is 6.75. The number of carbonyl (C=O) groups excluding carboxylic acids is 1. The Bertz CT molecular complexity index is 527. The minimum atomic E-state index is -0.600. The number of carbonyl (C=O) groups is 1. The lowest BCUT2D eigenvalue weighted by molar-refractivity contribution is -0.384. The van der Waals surface area contributed by atoms with Crippen LogP contribution in [0.3, 0.4) is 0 Å². The molecule has 110 valence electrons. The van der Waals surface area contributed by atoms with Crippen LogP contribution in [0.15, 0.2) is 18.2 Å². The number of rotatable bonds is 5. The summed E-state index contributed by atoms with van der Waals surface area (Å²) in [6.45, 7) is 8.78. The molecule has 0 spiro atoms. The van der Waals surface area contributed by atoms with Gasteiger partial charge in [-0.25, -0.2) is 0 Å². The van der Waals surface area contributed by atoms with E-state index in [-0.39, 0.29) is 27.6 Å². The molecule has 0 heterocycles. The fourth-order valence-electron chi connectivity index (χ4n) is 1.41. The van der Waals surface area contributed by atoms with Crippen molar-refractivity contribution in [1.29, 1.82) is 0 Å². The average molecular weight is 299 g/mol. The molecule has 0 fully saturated rings. The number of hydrogen-bond donors (Lipinski definition) is 1. The molecule has 0 aromatic heterocycles. The molecule has 0 unspecified atom stereocenters. The highest BCUT2D eigenvalue weighted by molar-refractivity contribution is 6.32. The van der Waals surface area contributed by atoms with Gasteiger partial charge in [-0.05, 0) is 23.5 Å². The monoisotopic (exact) mass is 298 g/mol. The van der Waals surface area contributed by atoms with Crippen LogP contribution in [0, 0.1) is 21.4 Å². The maximum Gasteiger partial charge on any atom is 0.288 e. The number of amides is 1. The Hall–Kier alpha value is -1.62. The number of benzene rings is 1. The zero-order chi connectivity index (χ0) is 15.5. The summed E-state index contributed by atoms with van der Waals surface area (Å²) >= 11 is 5.71. The van der Waals surface area contributed by atoms with Gasteiger partial charge in [-0.15, -0.1) is 0 Å². The fourth-order valence-corrected chi connectivity index (χ4v) is 1.59. The van der Waals surface area contributed by atoms with Crippen molar-refractivity contribution < 1.29 is 9.72 Å². The third-order valence-electron chi connectivity index (χ3n) is 3.67. The molecule has 1 aromatic carbocycles. The molecule has 1 amide bonds. The fraction of sp³-hybridized carbons (Fsp3) is 0.500. The first-order chi connectivity index (χ1) is 9.15. The van der Waals surface area contributed by atoms with Crippen molar-refractivity contribution in [2.24, 2.45) is 11.3 Å². The van der Waals surface area contributed by atoms with Crippen molar-refractivity contribution in [2.75, 3.05) is 6.54 Å². The number of nitro benzene ring substituents is 1. The van der Waals surface area contributed by atoms with E-state index in [9.17, 15) is 14.9 Å². The van der Waals surface area contributed by atoms with E-state index in [1.165, 1.54) is 18.2 Å². The van der Waals surface area contributed by atoms with Crippen molar-refractivity contribution in [3.63, 3.8) is 0 Å². The molecular weight excluding hydrogens is 280 g/mol. The molecule has 0 aliphatic heterocycles. The quantitative estimate of drug-likeness (QED) is 0.666. The Morgan fingerprint density at radius 2 is 2.05 bits per heavy atom. The topological polar surface area (TPSA) is 72.2 Å². The van der Waals surface area contributed by atoms with Crippen LogP contribution in [0.25, 0.3) is 0 Å². The lowest BCUT2D eigenvalue weighted by Crippen LogP contribution is -2.36. The number of hydrogen-bond acceptors (Lipinski definition) is 3. The third kappa shape index (κ3) is 3.93. The summed E-state index contributed by atoms with van der Waals surface area (Å²) in [7, 11) is 0. The standard InChI is InChI=1S/C14H19ClN2O3/c1-9(2)14(3,4)8-16-13(18)10-5-6-11(15)12(7-10)17(19)20/h5-7,9H,8H2,1-4H3,(H,16,18). The first-order valence-electron chi connectivity index (χ1n) is 6.37. The summed E-state index contributed by atoms with van der Waals surface area (Å²) in [6.07, 6.45) is 0. The number of nitrogens with zero attached hydrogens (tertiary/aromatic N) is 1. The predicted octanol–water partition coefficient (Wildman–Crippen LogP) is 3.66. The number of nitrogens with one attached hydrogen (secondary N) is 1. The van der Waals surface area contributed by atoms with E-state index in [0.29, 0.717) is 12.5 Å². The van der Waals surface area contributed by atoms with Crippen LogP contribution in [0.1, 0.15) is 38.1 Å². The summed E-state index contributed by atoms with van der Waals surface area (Å²) in [6, 6.07) is 4.04. The second-order valence-electron chi connectivity index (χ2n) is 5.75. The molecule has 0 saturated carbocycles. The van der Waals surface area contributed by atoms with Gasteiger partial charge in [-0.3, -0.25) is 14.9 Å². The van der Waals surface area contributed by atoms with E-state index < -0.39 is 4.92 Å². The summed E-state index contributed by atoms with van der Waals surface area (Å²) in [4.78, 5) is 22.2. The molecule has 1 aromatic rings. The molecule has 0 atom stereocenters. The van der Waals surface area contributed by atoms with E-state index in [1.807, 2.05) is 0 Å². The van der Waals surface area contributed by atoms with Gasteiger partial charge < -0.3 is 5.32 Å². The highest BCUT2D eigenvalue weighted by Crippen LogP contribution is 2.26. The zero-order valence-electron chi connectivity index (χ0n) is 12.1. The van der Waals surface area contributed by atoms with Gasteiger partial charge in [0.25, 0.3) is 11.6 Å². The molecule has 20 heavy (non-hydrogen) atoms. The SMILES string of the molecule is CC(C)C(C)(C)CNC(=O)c1ccc(Cl)c([N+](=O)[O-])c1. The van der Waals surface area contributed by atoms with Crippen molar-refractivity contribution in [1.82, 2.24) is 5.32 Å². The Morgan fingerprint density at radius 1 is 1.45 bits per heavy atom. The predicted molar refractivity (Wildman–Crippen MR) is 79.1 cm³/mol. The molecule has 0 saturated heterocycles. The number of nitro groups is 1. The largest absolute Gasteiger partial charge is 0.351 e. The lowest BCUT2D eigenvalue weighted by Gasteiger charge is -2.29. The van der Waals surface area contributed by atoms with Gasteiger partial charge in [0.15, 0.2) is 0 Å². The molecule has 5 nitrogen and oxygen atoms in total. The van der Waals surface area contributed by atoms with Crippen molar-refractivity contribution >= 4 is 23.2 Å². The maximum atomic E-state index is 12.0. The zero-order valence-corrected chi connectivity index (χ0v) is 12.8. The maximum absolute atomic E-state index is 12.0. The van der Waals surface area contributed by atoms with Gasteiger partial charge in [0.05, 0.1) is 4.92 Å². The molecule has 1 N–H and O–H groups in total. The average Bonchev–Trinajstić information content (AvgIpc) is 2.36. The number of halogens is 1. The second kappa shape index (κ2) is 6.22. The molecule has 0 radical (unpaired) electrons. The van der Waals surface area contributed by atoms with Crippen LogP contribution in [0.4, 0.5) is 5.69 Å². The summed E-state index contributed by atoms with van der Waals surface area (Å²) in [5.74, 6) is 0.0702. The minimum absolute atomic E-state index is 0.0223. The first kappa shape index (κ1) is 16.4. The Morgan fingerprint density at radius 3 is 2.55 bits per heavy atom.